The number of benzene rings is 3. The van der Waals surface area contributed by atoms with Crippen LogP contribution in [0.15, 0.2) is 89.8 Å². The van der Waals surface area contributed by atoms with Crippen molar-refractivity contribution >= 4 is 23.4 Å². The highest BCUT2D eigenvalue weighted by atomic mass is 32.2. The van der Waals surface area contributed by atoms with Crippen LogP contribution < -0.4 is 9.64 Å². The van der Waals surface area contributed by atoms with E-state index in [0.717, 1.165) is 22.8 Å². The van der Waals surface area contributed by atoms with Crippen LogP contribution in [0.1, 0.15) is 44.2 Å². The second kappa shape index (κ2) is 10.5. The van der Waals surface area contributed by atoms with Crippen molar-refractivity contribution in [3.63, 3.8) is 0 Å². The van der Waals surface area contributed by atoms with E-state index in [9.17, 15) is 4.79 Å². The zero-order valence-corrected chi connectivity index (χ0v) is 18.8. The molecule has 2 atom stereocenters. The van der Waals surface area contributed by atoms with Crippen LogP contribution in [-0.4, -0.2) is 17.8 Å². The third-order valence-corrected chi connectivity index (χ3v) is 6.67. The number of carbonyl (C=O) groups is 1. The Kier molecular flexibility index (Phi) is 7.31. The Morgan fingerprint density at radius 1 is 0.839 bits per heavy atom. The lowest BCUT2D eigenvalue weighted by Crippen LogP contribution is -2.61. The molecule has 1 aliphatic rings. The Morgan fingerprint density at radius 2 is 1.52 bits per heavy atom. The molecule has 0 N–H and O–H groups in total. The van der Waals surface area contributed by atoms with E-state index in [1.54, 1.807) is 0 Å². The van der Waals surface area contributed by atoms with Gasteiger partial charge in [-0.25, -0.2) is 0 Å². The maximum atomic E-state index is 13.1. The Hall–Kier alpha value is -2.72. The zero-order valence-electron chi connectivity index (χ0n) is 17.9. The van der Waals surface area contributed by atoms with Gasteiger partial charge in [0.25, 0.3) is 5.91 Å². The molecule has 1 heterocycles. The molecular formula is C27H29NO2S. The number of ether oxygens (including phenoxy) is 1. The largest absolute Gasteiger partial charge is 0.478 e. The van der Waals surface area contributed by atoms with Crippen molar-refractivity contribution in [3.05, 3.63) is 90.5 Å². The fourth-order valence-corrected chi connectivity index (χ4v) is 4.82. The van der Waals surface area contributed by atoms with Crippen molar-refractivity contribution in [1.82, 2.24) is 0 Å². The van der Waals surface area contributed by atoms with Gasteiger partial charge in [0.2, 0.25) is 6.10 Å². The predicted octanol–water partition coefficient (Wildman–Crippen LogP) is 6.89. The highest BCUT2D eigenvalue weighted by Gasteiger charge is 2.50. The molecule has 0 aliphatic carbocycles. The monoisotopic (exact) mass is 431 g/mol. The highest BCUT2D eigenvalue weighted by Crippen LogP contribution is 2.41. The van der Waals surface area contributed by atoms with Gasteiger partial charge in [0, 0.05) is 10.6 Å². The second-order valence-electron chi connectivity index (χ2n) is 7.82. The molecule has 4 rings (SSSR count). The summed E-state index contributed by atoms with van der Waals surface area (Å²) in [6, 6.07) is 27.9. The van der Waals surface area contributed by atoms with Gasteiger partial charge in [-0.3, -0.25) is 9.69 Å². The predicted molar refractivity (Wildman–Crippen MR) is 129 cm³/mol. The molecule has 2 unspecified atom stereocenters. The summed E-state index contributed by atoms with van der Waals surface area (Å²) < 4.78 is 6.10. The van der Waals surface area contributed by atoms with E-state index in [1.165, 1.54) is 30.6 Å². The van der Waals surface area contributed by atoms with Gasteiger partial charge in [-0.2, -0.15) is 0 Å². The summed E-state index contributed by atoms with van der Waals surface area (Å²) >= 11 is 1.89. The van der Waals surface area contributed by atoms with E-state index in [2.05, 4.69) is 43.3 Å². The molecule has 3 nitrogen and oxygen atoms in total. The summed E-state index contributed by atoms with van der Waals surface area (Å²) in [6.45, 7) is 2.24. The van der Waals surface area contributed by atoms with E-state index in [1.807, 2.05) is 65.2 Å². The minimum atomic E-state index is -0.516. The van der Waals surface area contributed by atoms with E-state index in [-0.39, 0.29) is 11.9 Å². The molecule has 0 aromatic heterocycles. The lowest BCUT2D eigenvalue weighted by Gasteiger charge is -2.46. The molecule has 0 spiro atoms. The van der Waals surface area contributed by atoms with Gasteiger partial charge < -0.3 is 4.74 Å². The molecule has 1 amide bonds. The molecule has 0 bridgehead atoms. The van der Waals surface area contributed by atoms with Gasteiger partial charge in [0.15, 0.2) is 0 Å². The summed E-state index contributed by atoms with van der Waals surface area (Å²) in [7, 11) is 0. The number of hydrogen-bond donors (Lipinski definition) is 0. The SMILES string of the molecule is CCCCCCSc1ccc(N2C(=O)C(Oc3ccccc3)C2c2ccccc2)cc1. The minimum absolute atomic E-state index is 0.00215. The van der Waals surface area contributed by atoms with Crippen molar-refractivity contribution in [3.8, 4) is 5.75 Å². The maximum Gasteiger partial charge on any atom is 0.271 e. The lowest BCUT2D eigenvalue weighted by atomic mass is 9.89. The molecule has 4 heteroatoms. The van der Waals surface area contributed by atoms with Crippen molar-refractivity contribution < 1.29 is 9.53 Å². The van der Waals surface area contributed by atoms with Crippen LogP contribution >= 0.6 is 11.8 Å². The average molecular weight is 432 g/mol. The Bertz CT molecular complexity index is 960. The number of unbranched alkanes of at least 4 members (excludes halogenated alkanes) is 3. The summed E-state index contributed by atoms with van der Waals surface area (Å²) in [5.41, 5.74) is 2.00. The molecule has 0 radical (unpaired) electrons. The molecule has 1 fully saturated rings. The number of β-lactam (4-membered cyclic amide) rings is 1. The third-order valence-electron chi connectivity index (χ3n) is 5.57. The molecule has 160 valence electrons. The maximum absolute atomic E-state index is 13.1. The van der Waals surface area contributed by atoms with E-state index in [0.29, 0.717) is 0 Å². The summed E-state index contributed by atoms with van der Waals surface area (Å²) in [5, 5.41) is 0. The van der Waals surface area contributed by atoms with E-state index >= 15 is 0 Å². The Labute approximate surface area is 189 Å². The van der Waals surface area contributed by atoms with Crippen LogP contribution in [0.5, 0.6) is 5.75 Å². The van der Waals surface area contributed by atoms with Crippen molar-refractivity contribution in [2.75, 3.05) is 10.7 Å². The molecule has 1 aliphatic heterocycles. The molecule has 0 saturated carbocycles. The van der Waals surface area contributed by atoms with Crippen molar-refractivity contribution in [2.45, 2.75) is 49.6 Å². The molecule has 3 aromatic rings. The molecule has 31 heavy (non-hydrogen) atoms. The first-order valence-electron chi connectivity index (χ1n) is 11.1. The lowest BCUT2D eigenvalue weighted by molar-refractivity contribution is -0.135. The van der Waals surface area contributed by atoms with Crippen molar-refractivity contribution in [1.29, 1.82) is 0 Å². The minimum Gasteiger partial charge on any atom is -0.478 e. The first-order valence-corrected chi connectivity index (χ1v) is 12.1. The molecule has 3 aromatic carbocycles. The fraction of sp³-hybridized carbons (Fsp3) is 0.296. The van der Waals surface area contributed by atoms with E-state index in [4.69, 9.17) is 4.74 Å². The van der Waals surface area contributed by atoms with Gasteiger partial charge in [-0.15, -0.1) is 11.8 Å². The molecular weight excluding hydrogens is 402 g/mol. The number of thioether (sulfide) groups is 1. The van der Waals surface area contributed by atoms with Crippen LogP contribution in [0.4, 0.5) is 5.69 Å². The number of carbonyl (C=O) groups excluding carboxylic acids is 1. The van der Waals surface area contributed by atoms with Crippen LogP contribution in [-0.2, 0) is 4.79 Å². The fourth-order valence-electron chi connectivity index (χ4n) is 3.91. The van der Waals surface area contributed by atoms with Crippen LogP contribution in [0, 0.1) is 0 Å². The number of amides is 1. The number of para-hydroxylation sites is 1. The van der Waals surface area contributed by atoms with Crippen LogP contribution in [0.2, 0.25) is 0 Å². The Morgan fingerprint density at radius 3 is 2.19 bits per heavy atom. The number of anilines is 1. The van der Waals surface area contributed by atoms with Gasteiger partial charge in [0.05, 0.1) is 0 Å². The first-order chi connectivity index (χ1) is 15.3. The van der Waals surface area contributed by atoms with Gasteiger partial charge >= 0.3 is 0 Å². The van der Waals surface area contributed by atoms with Crippen LogP contribution in [0.25, 0.3) is 0 Å². The van der Waals surface area contributed by atoms with E-state index < -0.39 is 6.10 Å². The molecule has 1 saturated heterocycles. The van der Waals surface area contributed by atoms with Gasteiger partial charge in [-0.05, 0) is 54.1 Å². The highest BCUT2D eigenvalue weighted by molar-refractivity contribution is 7.99. The third kappa shape index (κ3) is 5.13. The van der Waals surface area contributed by atoms with Gasteiger partial charge in [-0.1, -0.05) is 74.7 Å². The number of nitrogens with zero attached hydrogens (tertiary/aromatic N) is 1. The number of rotatable bonds is 10. The Balaban J connectivity index is 1.48. The smallest absolute Gasteiger partial charge is 0.271 e. The topological polar surface area (TPSA) is 29.5 Å². The standard InChI is InChI=1S/C27H29NO2S/c1-2-3-4-11-20-31-24-18-16-22(17-19-24)28-25(21-12-7-5-8-13-21)26(27(28)29)30-23-14-9-6-10-15-23/h5-10,12-19,25-26H,2-4,11,20H2,1H3. The van der Waals surface area contributed by atoms with Gasteiger partial charge in [0.1, 0.15) is 11.8 Å². The summed E-state index contributed by atoms with van der Waals surface area (Å²) in [5.74, 6) is 1.86. The normalized spacial score (nSPS) is 18.0. The average Bonchev–Trinajstić information content (AvgIpc) is 2.82. The second-order valence-corrected chi connectivity index (χ2v) is 8.99. The first kappa shape index (κ1) is 21.5. The van der Waals surface area contributed by atoms with Crippen molar-refractivity contribution in [2.24, 2.45) is 0 Å². The summed E-state index contributed by atoms with van der Waals surface area (Å²) in [6.07, 6.45) is 4.60. The number of hydrogen-bond acceptors (Lipinski definition) is 3. The zero-order chi connectivity index (χ0) is 21.5. The summed E-state index contributed by atoms with van der Waals surface area (Å²) in [4.78, 5) is 16.2. The quantitative estimate of drug-likeness (QED) is 0.199. The van der Waals surface area contributed by atoms with Crippen LogP contribution in [0.3, 0.4) is 0 Å².